The number of amides is 1. The highest BCUT2D eigenvalue weighted by Crippen LogP contribution is 2.33. The molecule has 0 spiro atoms. The number of aromatic nitrogens is 1. The molecule has 3 heterocycles. The van der Waals surface area contributed by atoms with Crippen LogP contribution in [0, 0.1) is 12.7 Å². The third-order valence-corrected chi connectivity index (χ3v) is 5.52. The molecule has 1 aliphatic rings. The van der Waals surface area contributed by atoms with Crippen LogP contribution in [0.4, 0.5) is 15.8 Å². The van der Waals surface area contributed by atoms with E-state index in [-0.39, 0.29) is 18.3 Å². The number of anilines is 1. The Morgan fingerprint density at radius 3 is 2.78 bits per heavy atom. The van der Waals surface area contributed by atoms with Crippen LogP contribution >= 0.6 is 11.3 Å². The molecule has 32 heavy (non-hydrogen) atoms. The van der Waals surface area contributed by atoms with Gasteiger partial charge in [-0.3, -0.25) is 4.79 Å². The maximum atomic E-state index is 13.3. The third kappa shape index (κ3) is 4.10. The van der Waals surface area contributed by atoms with Crippen molar-refractivity contribution in [3.63, 3.8) is 0 Å². The van der Waals surface area contributed by atoms with E-state index in [9.17, 15) is 9.18 Å². The van der Waals surface area contributed by atoms with Gasteiger partial charge in [0.1, 0.15) is 23.1 Å². The van der Waals surface area contributed by atoms with Gasteiger partial charge in [0, 0.05) is 10.9 Å². The molecule has 0 radical (unpaired) electrons. The van der Waals surface area contributed by atoms with Crippen molar-refractivity contribution in [1.29, 1.82) is 0 Å². The smallest absolute Gasteiger partial charge is 0.262 e. The number of ether oxygens (including phenoxy) is 1. The molecule has 0 saturated carbocycles. The lowest BCUT2D eigenvalue weighted by molar-refractivity contribution is -0.118. The SMILES string of the molecule is Cc1ccc(C=Nn2c(-c3ccc4c(c3)NC(=O)CO4)csc2=Nc2ccc(F)cc2)o1. The molecule has 0 fully saturated rings. The maximum Gasteiger partial charge on any atom is 0.262 e. The minimum Gasteiger partial charge on any atom is -0.482 e. The van der Waals surface area contributed by atoms with E-state index in [1.807, 2.05) is 42.6 Å². The topological polar surface area (TPSA) is 81.1 Å². The van der Waals surface area contributed by atoms with E-state index in [0.29, 0.717) is 27.7 Å². The quantitative estimate of drug-likeness (QED) is 0.460. The van der Waals surface area contributed by atoms with E-state index in [4.69, 9.17) is 9.15 Å². The number of benzene rings is 2. The van der Waals surface area contributed by atoms with Gasteiger partial charge in [0.15, 0.2) is 6.61 Å². The van der Waals surface area contributed by atoms with Gasteiger partial charge in [-0.05, 0) is 61.5 Å². The minimum atomic E-state index is -0.326. The fourth-order valence-electron chi connectivity index (χ4n) is 3.19. The summed E-state index contributed by atoms with van der Waals surface area (Å²) in [5.41, 5.74) is 2.78. The average molecular weight is 448 g/mol. The molecule has 2 aromatic heterocycles. The van der Waals surface area contributed by atoms with Gasteiger partial charge >= 0.3 is 0 Å². The Hall–Kier alpha value is -3.98. The summed E-state index contributed by atoms with van der Waals surface area (Å²) in [7, 11) is 0. The lowest BCUT2D eigenvalue weighted by atomic mass is 10.1. The Bertz CT molecular complexity index is 1400. The molecule has 1 aliphatic heterocycles. The zero-order valence-electron chi connectivity index (χ0n) is 16.9. The van der Waals surface area contributed by atoms with Crippen LogP contribution in [0.3, 0.4) is 0 Å². The van der Waals surface area contributed by atoms with Crippen LogP contribution in [0.2, 0.25) is 0 Å². The summed E-state index contributed by atoms with van der Waals surface area (Å²) < 4.78 is 26.0. The number of nitrogens with zero attached hydrogens (tertiary/aromatic N) is 3. The molecule has 1 N–H and O–H groups in total. The fourth-order valence-corrected chi connectivity index (χ4v) is 4.05. The van der Waals surface area contributed by atoms with Gasteiger partial charge < -0.3 is 14.5 Å². The molecule has 5 rings (SSSR count). The molecule has 0 atom stereocenters. The summed E-state index contributed by atoms with van der Waals surface area (Å²) in [5.74, 6) is 1.47. The second kappa shape index (κ2) is 8.27. The molecular weight excluding hydrogens is 431 g/mol. The van der Waals surface area contributed by atoms with Crippen molar-refractivity contribution in [3.05, 3.63) is 82.1 Å². The van der Waals surface area contributed by atoms with Crippen LogP contribution in [-0.4, -0.2) is 23.4 Å². The molecule has 9 heteroatoms. The first kappa shape index (κ1) is 20.0. The predicted molar refractivity (Wildman–Crippen MR) is 120 cm³/mol. The molecule has 2 aromatic carbocycles. The summed E-state index contributed by atoms with van der Waals surface area (Å²) in [4.78, 5) is 16.9. The normalized spacial score (nSPS) is 13.8. The van der Waals surface area contributed by atoms with Crippen LogP contribution in [0.25, 0.3) is 11.3 Å². The molecule has 7 nitrogen and oxygen atoms in total. The van der Waals surface area contributed by atoms with E-state index in [0.717, 1.165) is 17.0 Å². The standard InChI is InChI=1S/C23H17FN4O3S/c1-14-2-8-18(31-14)11-25-28-20(13-32-23(28)26-17-6-4-16(24)5-7-17)15-3-9-21-19(10-15)27-22(29)12-30-21/h2-11,13H,12H2,1H3,(H,27,29). The Balaban J connectivity index is 1.62. The number of aryl methyl sites for hydroxylation is 1. The van der Waals surface area contributed by atoms with E-state index < -0.39 is 0 Å². The zero-order chi connectivity index (χ0) is 22.1. The Kier molecular flexibility index (Phi) is 5.16. The van der Waals surface area contributed by atoms with Crippen molar-refractivity contribution in [2.24, 2.45) is 10.1 Å². The molecule has 1 amide bonds. The highest BCUT2D eigenvalue weighted by molar-refractivity contribution is 7.07. The number of hydrogen-bond donors (Lipinski definition) is 1. The maximum absolute atomic E-state index is 13.3. The molecule has 0 aliphatic carbocycles. The first-order chi connectivity index (χ1) is 15.5. The van der Waals surface area contributed by atoms with Crippen LogP contribution in [0.5, 0.6) is 5.75 Å². The second-order valence-electron chi connectivity index (χ2n) is 7.04. The van der Waals surface area contributed by atoms with Crippen molar-refractivity contribution in [1.82, 2.24) is 4.68 Å². The number of hydrogen-bond acceptors (Lipinski definition) is 6. The Morgan fingerprint density at radius 1 is 1.16 bits per heavy atom. The molecule has 0 bridgehead atoms. The number of carbonyl (C=O) groups is 1. The van der Waals surface area contributed by atoms with Crippen LogP contribution in [-0.2, 0) is 4.79 Å². The van der Waals surface area contributed by atoms with E-state index in [1.165, 1.54) is 23.5 Å². The fraction of sp³-hybridized carbons (Fsp3) is 0.0870. The zero-order valence-corrected chi connectivity index (χ0v) is 17.7. The Labute approximate surface area is 186 Å². The first-order valence-electron chi connectivity index (χ1n) is 9.74. The summed E-state index contributed by atoms with van der Waals surface area (Å²) >= 11 is 1.39. The highest BCUT2D eigenvalue weighted by atomic mass is 32.1. The Morgan fingerprint density at radius 2 is 2.00 bits per heavy atom. The number of fused-ring (bicyclic) bond motifs is 1. The van der Waals surface area contributed by atoms with Crippen molar-refractivity contribution in [3.8, 4) is 17.0 Å². The summed E-state index contributed by atoms with van der Waals surface area (Å²) in [6.07, 6.45) is 1.61. The molecule has 4 aromatic rings. The van der Waals surface area contributed by atoms with Crippen LogP contribution in [0.15, 0.2) is 74.5 Å². The van der Waals surface area contributed by atoms with Gasteiger partial charge in [0.05, 0.1) is 23.3 Å². The summed E-state index contributed by atoms with van der Waals surface area (Å²) in [6, 6.07) is 15.1. The minimum absolute atomic E-state index is 0.00163. The van der Waals surface area contributed by atoms with Crippen molar-refractivity contribution >= 4 is 34.8 Å². The van der Waals surface area contributed by atoms with Crippen molar-refractivity contribution < 1.29 is 18.3 Å². The van der Waals surface area contributed by atoms with Gasteiger partial charge in [-0.1, -0.05) is 0 Å². The van der Waals surface area contributed by atoms with Gasteiger partial charge in [-0.25, -0.2) is 14.1 Å². The average Bonchev–Trinajstić information content (AvgIpc) is 3.39. The molecule has 0 saturated heterocycles. The number of thiazole rings is 1. The predicted octanol–water partition coefficient (Wildman–Crippen LogP) is 4.70. The van der Waals surface area contributed by atoms with Crippen molar-refractivity contribution in [2.75, 3.05) is 11.9 Å². The lowest BCUT2D eigenvalue weighted by Crippen LogP contribution is -2.25. The van der Waals surface area contributed by atoms with E-state index in [1.54, 1.807) is 23.0 Å². The number of nitrogens with one attached hydrogen (secondary N) is 1. The van der Waals surface area contributed by atoms with Gasteiger partial charge in [-0.2, -0.15) is 5.10 Å². The monoisotopic (exact) mass is 448 g/mol. The first-order valence-corrected chi connectivity index (χ1v) is 10.6. The number of carbonyl (C=O) groups excluding carboxylic acids is 1. The number of rotatable bonds is 4. The van der Waals surface area contributed by atoms with Crippen LogP contribution < -0.4 is 14.9 Å². The number of halogens is 1. The van der Waals surface area contributed by atoms with Crippen molar-refractivity contribution in [2.45, 2.75) is 6.92 Å². The molecule has 0 unspecified atom stereocenters. The van der Waals surface area contributed by atoms with Crippen LogP contribution in [0.1, 0.15) is 11.5 Å². The summed E-state index contributed by atoms with van der Waals surface area (Å²) in [6.45, 7) is 1.86. The molecular formula is C23H17FN4O3S. The number of furan rings is 1. The van der Waals surface area contributed by atoms with Gasteiger partial charge in [0.2, 0.25) is 4.80 Å². The second-order valence-corrected chi connectivity index (χ2v) is 7.88. The van der Waals surface area contributed by atoms with E-state index >= 15 is 0 Å². The molecule has 160 valence electrons. The largest absolute Gasteiger partial charge is 0.482 e. The van der Waals surface area contributed by atoms with E-state index in [2.05, 4.69) is 15.4 Å². The van der Waals surface area contributed by atoms with Gasteiger partial charge in [-0.15, -0.1) is 11.3 Å². The third-order valence-electron chi connectivity index (χ3n) is 4.71. The lowest BCUT2D eigenvalue weighted by Gasteiger charge is -2.18. The van der Waals surface area contributed by atoms with Gasteiger partial charge in [0.25, 0.3) is 5.91 Å². The summed E-state index contributed by atoms with van der Waals surface area (Å²) in [5, 5.41) is 9.33. The highest BCUT2D eigenvalue weighted by Gasteiger charge is 2.18.